The number of halogens is 2. The van der Waals surface area contributed by atoms with Crippen LogP contribution in [0.3, 0.4) is 0 Å². The summed E-state index contributed by atoms with van der Waals surface area (Å²) < 4.78 is 26.3. The average Bonchev–Trinajstić information content (AvgIpc) is 2.86. The van der Waals surface area contributed by atoms with Crippen LogP contribution in [0.2, 0.25) is 0 Å². The molecule has 5 nitrogen and oxygen atoms in total. The number of hydrogen-bond donors (Lipinski definition) is 2. The smallest absolute Gasteiger partial charge is 0.237 e. The Morgan fingerprint density at radius 2 is 2.26 bits per heavy atom. The highest BCUT2D eigenvalue weighted by Gasteiger charge is 2.17. The molecule has 2 aromatic rings. The molecule has 1 heterocycles. The predicted molar refractivity (Wildman–Crippen MR) is 66.7 cm³/mol. The normalized spacial score (nSPS) is 12.2. The second kappa shape index (κ2) is 5.79. The van der Waals surface area contributed by atoms with Gasteiger partial charge in [-0.05, 0) is 19.1 Å². The van der Waals surface area contributed by atoms with Crippen molar-refractivity contribution < 1.29 is 13.6 Å². The van der Waals surface area contributed by atoms with Gasteiger partial charge in [0.05, 0.1) is 10.9 Å². The second-order valence-corrected chi connectivity index (χ2v) is 4.99. The van der Waals surface area contributed by atoms with Crippen molar-refractivity contribution in [3.05, 3.63) is 36.2 Å². The summed E-state index contributed by atoms with van der Waals surface area (Å²) in [6, 6.07) is 2.87. The van der Waals surface area contributed by atoms with E-state index in [0.717, 1.165) is 30.0 Å². The first-order valence-corrected chi connectivity index (χ1v) is 6.22. The molecule has 1 atom stereocenters. The van der Waals surface area contributed by atoms with Crippen LogP contribution in [0.15, 0.2) is 29.7 Å². The molecule has 0 aliphatic heterocycles. The number of hydrogen-bond acceptors (Lipinski definition) is 4. The minimum atomic E-state index is -0.688. The lowest BCUT2D eigenvalue weighted by molar-refractivity contribution is -0.115. The molecule has 100 valence electrons. The number of carbonyl (C=O) groups is 1. The van der Waals surface area contributed by atoms with Gasteiger partial charge < -0.3 is 5.32 Å². The average molecular weight is 284 g/mol. The summed E-state index contributed by atoms with van der Waals surface area (Å²) in [5.41, 5.74) is -0.185. The minimum Gasteiger partial charge on any atom is -0.323 e. The third-order valence-electron chi connectivity index (χ3n) is 2.24. The molecule has 0 saturated carbocycles. The minimum absolute atomic E-state index is 0.185. The molecule has 0 spiro atoms. The van der Waals surface area contributed by atoms with E-state index in [1.807, 2.05) is 0 Å². The van der Waals surface area contributed by atoms with Gasteiger partial charge in [0.15, 0.2) is 5.16 Å². The summed E-state index contributed by atoms with van der Waals surface area (Å²) in [6.07, 6.45) is 1.32. The van der Waals surface area contributed by atoms with Gasteiger partial charge in [0.2, 0.25) is 5.91 Å². The van der Waals surface area contributed by atoms with Crippen molar-refractivity contribution in [3.63, 3.8) is 0 Å². The van der Waals surface area contributed by atoms with Crippen molar-refractivity contribution in [3.8, 4) is 0 Å². The maximum absolute atomic E-state index is 13.4. The second-order valence-electron chi connectivity index (χ2n) is 3.66. The highest BCUT2D eigenvalue weighted by molar-refractivity contribution is 8.00. The molecule has 0 bridgehead atoms. The van der Waals surface area contributed by atoms with Crippen molar-refractivity contribution in [2.24, 2.45) is 0 Å². The maximum Gasteiger partial charge on any atom is 0.237 e. The summed E-state index contributed by atoms with van der Waals surface area (Å²) >= 11 is 1.13. The largest absolute Gasteiger partial charge is 0.323 e. The Balaban J connectivity index is 2.02. The van der Waals surface area contributed by atoms with Crippen molar-refractivity contribution in [1.82, 2.24) is 15.2 Å². The number of nitrogens with one attached hydrogen (secondary N) is 2. The SMILES string of the molecule is C[C@H](Sc1ncn[nH]1)C(=O)Nc1cc(F)ccc1F. The van der Waals surface area contributed by atoms with E-state index in [4.69, 9.17) is 0 Å². The molecule has 0 saturated heterocycles. The van der Waals surface area contributed by atoms with Gasteiger partial charge in [-0.1, -0.05) is 11.8 Å². The Bertz CT molecular complexity index is 576. The van der Waals surface area contributed by atoms with E-state index in [1.165, 1.54) is 6.33 Å². The van der Waals surface area contributed by atoms with Gasteiger partial charge >= 0.3 is 0 Å². The first-order valence-electron chi connectivity index (χ1n) is 5.34. The van der Waals surface area contributed by atoms with Crippen LogP contribution in [0, 0.1) is 11.6 Å². The van der Waals surface area contributed by atoms with E-state index in [0.29, 0.717) is 5.16 Å². The van der Waals surface area contributed by atoms with Crippen LogP contribution < -0.4 is 5.32 Å². The van der Waals surface area contributed by atoms with E-state index in [-0.39, 0.29) is 5.69 Å². The third kappa shape index (κ3) is 3.50. The zero-order valence-corrected chi connectivity index (χ0v) is 10.7. The number of aromatic amines is 1. The number of anilines is 1. The molecular formula is C11H10F2N4OS. The van der Waals surface area contributed by atoms with Gasteiger partial charge in [-0.2, -0.15) is 5.10 Å². The van der Waals surface area contributed by atoms with Crippen molar-refractivity contribution >= 4 is 23.4 Å². The number of nitrogens with zero attached hydrogens (tertiary/aromatic N) is 2. The zero-order valence-electron chi connectivity index (χ0n) is 9.85. The van der Waals surface area contributed by atoms with Crippen LogP contribution in [0.1, 0.15) is 6.92 Å². The van der Waals surface area contributed by atoms with E-state index in [2.05, 4.69) is 20.5 Å². The van der Waals surface area contributed by atoms with Crippen molar-refractivity contribution in [2.75, 3.05) is 5.32 Å². The molecular weight excluding hydrogens is 274 g/mol. The van der Waals surface area contributed by atoms with E-state index >= 15 is 0 Å². The molecule has 2 N–H and O–H groups in total. The molecule has 1 amide bonds. The molecule has 0 fully saturated rings. The van der Waals surface area contributed by atoms with E-state index in [9.17, 15) is 13.6 Å². The molecule has 0 radical (unpaired) electrons. The van der Waals surface area contributed by atoms with Crippen LogP contribution in [0.5, 0.6) is 0 Å². The summed E-state index contributed by atoms with van der Waals surface area (Å²) in [6.45, 7) is 1.62. The van der Waals surface area contributed by atoms with Gasteiger partial charge in [-0.25, -0.2) is 13.8 Å². The predicted octanol–water partition coefficient (Wildman–Crippen LogP) is 2.20. The first kappa shape index (κ1) is 13.5. The first-order chi connectivity index (χ1) is 9.06. The van der Waals surface area contributed by atoms with Gasteiger partial charge in [0, 0.05) is 6.07 Å². The molecule has 0 aliphatic rings. The number of benzene rings is 1. The zero-order chi connectivity index (χ0) is 13.8. The number of amides is 1. The molecule has 2 rings (SSSR count). The van der Waals surface area contributed by atoms with Gasteiger partial charge in [0.25, 0.3) is 0 Å². The lowest BCUT2D eigenvalue weighted by Gasteiger charge is -2.11. The van der Waals surface area contributed by atoms with E-state index < -0.39 is 22.8 Å². The number of carbonyl (C=O) groups excluding carboxylic acids is 1. The van der Waals surface area contributed by atoms with Crippen molar-refractivity contribution in [1.29, 1.82) is 0 Å². The molecule has 19 heavy (non-hydrogen) atoms. The molecule has 1 aromatic carbocycles. The molecule has 0 aliphatic carbocycles. The molecule has 1 aromatic heterocycles. The quantitative estimate of drug-likeness (QED) is 0.844. The summed E-state index contributed by atoms with van der Waals surface area (Å²) in [7, 11) is 0. The monoisotopic (exact) mass is 284 g/mol. The third-order valence-corrected chi connectivity index (χ3v) is 3.22. The maximum atomic E-state index is 13.4. The van der Waals surface area contributed by atoms with E-state index in [1.54, 1.807) is 6.92 Å². The Hall–Kier alpha value is -1.96. The number of aromatic nitrogens is 3. The fourth-order valence-corrected chi connectivity index (χ4v) is 2.01. The number of rotatable bonds is 4. The number of H-pyrrole nitrogens is 1. The highest BCUT2D eigenvalue weighted by Crippen LogP contribution is 2.21. The topological polar surface area (TPSA) is 70.7 Å². The molecule has 8 heteroatoms. The summed E-state index contributed by atoms with van der Waals surface area (Å²) in [5.74, 6) is -1.76. The standard InChI is InChI=1S/C11H10F2N4OS/c1-6(19-11-14-5-15-17-11)10(18)16-9-4-7(12)2-3-8(9)13/h2-6H,1H3,(H,16,18)(H,14,15,17)/t6-/m0/s1. The fourth-order valence-electron chi connectivity index (χ4n) is 1.30. The van der Waals surface area contributed by atoms with Crippen molar-refractivity contribution in [2.45, 2.75) is 17.3 Å². The Labute approximate surface area is 111 Å². The summed E-state index contributed by atoms with van der Waals surface area (Å²) in [5, 5.41) is 8.51. The van der Waals surface area contributed by atoms with Gasteiger partial charge in [-0.15, -0.1) is 0 Å². The summed E-state index contributed by atoms with van der Waals surface area (Å²) in [4.78, 5) is 15.7. The number of thioether (sulfide) groups is 1. The Morgan fingerprint density at radius 1 is 1.47 bits per heavy atom. The van der Waals surface area contributed by atoms with Crippen LogP contribution >= 0.6 is 11.8 Å². The van der Waals surface area contributed by atoms with Crippen LogP contribution in [0.25, 0.3) is 0 Å². The lowest BCUT2D eigenvalue weighted by atomic mass is 10.3. The van der Waals surface area contributed by atoms with Crippen LogP contribution in [-0.2, 0) is 4.79 Å². The van der Waals surface area contributed by atoms with Gasteiger partial charge in [-0.3, -0.25) is 9.89 Å². The Morgan fingerprint density at radius 3 is 2.95 bits per heavy atom. The van der Waals surface area contributed by atoms with Gasteiger partial charge in [0.1, 0.15) is 18.0 Å². The fraction of sp³-hybridized carbons (Fsp3) is 0.182. The Kier molecular flexibility index (Phi) is 4.10. The lowest BCUT2D eigenvalue weighted by Crippen LogP contribution is -2.23. The van der Waals surface area contributed by atoms with Crippen LogP contribution in [0.4, 0.5) is 14.5 Å². The molecule has 0 unspecified atom stereocenters. The van der Waals surface area contributed by atoms with Crippen LogP contribution in [-0.4, -0.2) is 26.3 Å². The highest BCUT2D eigenvalue weighted by atomic mass is 32.2.